The van der Waals surface area contributed by atoms with Crippen LogP contribution < -0.4 is 16.6 Å². The van der Waals surface area contributed by atoms with Gasteiger partial charge in [0.2, 0.25) is 5.95 Å². The van der Waals surface area contributed by atoms with Gasteiger partial charge in [-0.15, -0.1) is 12.8 Å². The maximum Gasteiger partial charge on any atom is 0.317 e. The van der Waals surface area contributed by atoms with E-state index < -0.39 is 5.97 Å². The van der Waals surface area contributed by atoms with Gasteiger partial charge in [-0.3, -0.25) is 19.4 Å². The van der Waals surface area contributed by atoms with Crippen LogP contribution in [0.4, 0.5) is 5.95 Å². The number of hydrogen-bond donors (Lipinski definition) is 5. The van der Waals surface area contributed by atoms with Gasteiger partial charge in [0.1, 0.15) is 11.9 Å². The van der Waals surface area contributed by atoms with E-state index in [-0.39, 0.29) is 18.1 Å². The highest BCUT2D eigenvalue weighted by molar-refractivity contribution is 5.79. The van der Waals surface area contributed by atoms with Crippen molar-refractivity contribution in [2.24, 2.45) is 0 Å². The molecular formula is C25H37N5O4. The molecule has 1 aromatic carbocycles. The van der Waals surface area contributed by atoms with E-state index in [9.17, 15) is 14.4 Å². The summed E-state index contributed by atoms with van der Waals surface area (Å²) in [5.74, 6) is -0.720. The molecule has 0 aliphatic carbocycles. The van der Waals surface area contributed by atoms with Crippen molar-refractivity contribution in [3.63, 3.8) is 0 Å². The van der Waals surface area contributed by atoms with E-state index in [2.05, 4.69) is 47.0 Å². The molecular weight excluding hydrogens is 434 g/mol. The minimum absolute atomic E-state index is 0.0417. The molecule has 2 heterocycles. The number of carbonyl (C=O) groups is 2. The molecule has 0 fully saturated rings. The topological polar surface area (TPSA) is 154 Å². The summed E-state index contributed by atoms with van der Waals surface area (Å²) >= 11 is 0. The molecule has 186 valence electrons. The molecule has 0 spiro atoms. The van der Waals surface area contributed by atoms with Crippen LogP contribution in [0.3, 0.4) is 0 Å². The zero-order valence-electron chi connectivity index (χ0n) is 20.6. The fraction of sp³-hybridized carbons (Fsp3) is 0.360. The number of aliphatic carboxylic acids is 1. The second-order valence-electron chi connectivity index (χ2n) is 6.48. The van der Waals surface area contributed by atoms with Gasteiger partial charge in [-0.05, 0) is 31.0 Å². The van der Waals surface area contributed by atoms with Crippen LogP contribution in [0, 0.1) is 12.8 Å². The number of H-pyrrole nitrogens is 2. The number of nitrogens with one attached hydrogen (secondary N) is 3. The second-order valence-corrected chi connectivity index (χ2v) is 6.48. The van der Waals surface area contributed by atoms with Gasteiger partial charge in [-0.2, -0.15) is 4.98 Å². The first-order valence-corrected chi connectivity index (χ1v) is 11.0. The fourth-order valence-corrected chi connectivity index (χ4v) is 2.51. The zero-order valence-corrected chi connectivity index (χ0v) is 20.6. The lowest BCUT2D eigenvalue weighted by Crippen LogP contribution is -2.16. The first-order chi connectivity index (χ1) is 16.4. The third-order valence-corrected chi connectivity index (χ3v) is 3.77. The number of aryl methyl sites for hydroxylation is 2. The molecule has 9 nitrogen and oxygen atoms in total. The highest BCUT2D eigenvalue weighted by Gasteiger charge is 2.10. The number of anilines is 1. The van der Waals surface area contributed by atoms with Crippen LogP contribution in [0.5, 0.6) is 0 Å². The Morgan fingerprint density at radius 1 is 1.18 bits per heavy atom. The van der Waals surface area contributed by atoms with E-state index in [0.717, 1.165) is 23.8 Å². The van der Waals surface area contributed by atoms with Gasteiger partial charge in [0.05, 0.1) is 11.9 Å². The molecule has 0 saturated carbocycles. The van der Waals surface area contributed by atoms with Gasteiger partial charge >= 0.3 is 5.97 Å². The SMILES string of the molecule is C#C.CC.CCC.CNCC(=O)O.Nc1nc2[nH]cc(CCc3ccc(C=O)cc3)c2c(=O)[nH]1. The number of carboxylic acid groups (broad SMARTS) is 1. The van der Waals surface area contributed by atoms with Crippen LogP contribution in [0.15, 0.2) is 35.3 Å². The van der Waals surface area contributed by atoms with Gasteiger partial charge in [-0.25, -0.2) is 0 Å². The monoisotopic (exact) mass is 471 g/mol. The Hall–Kier alpha value is -3.90. The van der Waals surface area contributed by atoms with Crippen molar-refractivity contribution in [2.45, 2.75) is 47.0 Å². The number of carboxylic acids is 1. The highest BCUT2D eigenvalue weighted by Crippen LogP contribution is 2.15. The standard InChI is InChI=1S/C15H14N4O2.C3H7NO2.C3H8.C2H6.C2H2/c16-15-18-13-12(14(21)19-15)11(7-17-13)6-5-9-1-3-10(8-20)4-2-9;1-4-2-3(5)6;1-3-2;2*1-2/h1-4,7-8H,5-6H2,(H4,16,17,18,19,21);4H,2H2,1H3,(H,5,6);3H2,1-2H3;1-2H3;1-2H. The molecule has 0 radical (unpaired) electrons. The lowest BCUT2D eigenvalue weighted by Gasteiger charge is -2.01. The molecule has 3 aromatic rings. The van der Waals surface area contributed by atoms with Crippen molar-refractivity contribution in [1.82, 2.24) is 20.3 Å². The maximum absolute atomic E-state index is 11.9. The number of likely N-dealkylation sites (N-methyl/N-ethyl adjacent to an activating group) is 1. The molecule has 0 amide bonds. The molecule has 0 atom stereocenters. The Kier molecular flexibility index (Phi) is 18.8. The van der Waals surface area contributed by atoms with Gasteiger partial charge in [0.15, 0.2) is 0 Å². The number of rotatable bonds is 6. The first-order valence-electron chi connectivity index (χ1n) is 11.0. The Labute approximate surface area is 201 Å². The van der Waals surface area contributed by atoms with Crippen molar-refractivity contribution < 1.29 is 14.7 Å². The summed E-state index contributed by atoms with van der Waals surface area (Å²) in [7, 11) is 1.59. The number of nitrogen functional groups attached to an aromatic ring is 1. The Morgan fingerprint density at radius 3 is 2.18 bits per heavy atom. The van der Waals surface area contributed by atoms with E-state index >= 15 is 0 Å². The van der Waals surface area contributed by atoms with Crippen molar-refractivity contribution in [2.75, 3.05) is 19.3 Å². The summed E-state index contributed by atoms with van der Waals surface area (Å²) < 4.78 is 0. The predicted molar refractivity (Wildman–Crippen MR) is 139 cm³/mol. The summed E-state index contributed by atoms with van der Waals surface area (Å²) in [5.41, 5.74) is 8.44. The van der Waals surface area contributed by atoms with Crippen molar-refractivity contribution in [1.29, 1.82) is 0 Å². The number of fused-ring (bicyclic) bond motifs is 1. The van der Waals surface area contributed by atoms with Crippen molar-refractivity contribution in [3.8, 4) is 12.8 Å². The number of hydrogen-bond acceptors (Lipinski definition) is 6. The summed E-state index contributed by atoms with van der Waals surface area (Å²) in [6, 6.07) is 7.40. The van der Waals surface area contributed by atoms with Crippen molar-refractivity contribution >= 4 is 29.2 Å². The maximum atomic E-state index is 11.9. The molecule has 34 heavy (non-hydrogen) atoms. The minimum atomic E-state index is -0.822. The third-order valence-electron chi connectivity index (χ3n) is 3.77. The van der Waals surface area contributed by atoms with Gasteiger partial charge in [0.25, 0.3) is 5.56 Å². The molecule has 0 aliphatic rings. The fourth-order valence-electron chi connectivity index (χ4n) is 2.51. The van der Waals surface area contributed by atoms with E-state index in [1.165, 1.54) is 6.42 Å². The molecule has 0 bridgehead atoms. The van der Waals surface area contributed by atoms with Crippen LogP contribution in [0.25, 0.3) is 11.0 Å². The van der Waals surface area contributed by atoms with Crippen LogP contribution >= 0.6 is 0 Å². The number of terminal acetylenes is 1. The molecule has 0 aliphatic heterocycles. The molecule has 9 heteroatoms. The van der Waals surface area contributed by atoms with Gasteiger partial charge in [0, 0.05) is 11.8 Å². The second kappa shape index (κ2) is 19.8. The lowest BCUT2D eigenvalue weighted by atomic mass is 10.0. The zero-order chi connectivity index (χ0) is 26.5. The molecule has 6 N–H and O–H groups in total. The summed E-state index contributed by atoms with van der Waals surface area (Å²) in [5, 5.41) is 10.9. The number of carbonyl (C=O) groups excluding carboxylic acids is 1. The van der Waals surface area contributed by atoms with Crippen molar-refractivity contribution in [3.05, 3.63) is 57.5 Å². The van der Waals surface area contributed by atoms with Gasteiger partial charge < -0.3 is 21.1 Å². The van der Waals surface area contributed by atoms with E-state index in [0.29, 0.717) is 23.0 Å². The molecule has 2 aromatic heterocycles. The van der Waals surface area contributed by atoms with Crippen LogP contribution in [-0.2, 0) is 17.6 Å². The van der Waals surface area contributed by atoms with E-state index in [1.54, 1.807) is 25.4 Å². The van der Waals surface area contributed by atoms with Crippen LogP contribution in [-0.4, -0.2) is 45.9 Å². The minimum Gasteiger partial charge on any atom is -0.480 e. The number of aromatic nitrogens is 3. The smallest absolute Gasteiger partial charge is 0.317 e. The summed E-state index contributed by atoms with van der Waals surface area (Å²) in [6.45, 7) is 8.29. The van der Waals surface area contributed by atoms with Crippen LogP contribution in [0.2, 0.25) is 0 Å². The number of aromatic amines is 2. The molecule has 0 unspecified atom stereocenters. The summed E-state index contributed by atoms with van der Waals surface area (Å²) in [4.78, 5) is 41.6. The van der Waals surface area contributed by atoms with E-state index in [1.807, 2.05) is 26.0 Å². The van der Waals surface area contributed by atoms with Gasteiger partial charge in [-0.1, -0.05) is 58.4 Å². The van der Waals surface area contributed by atoms with Crippen LogP contribution in [0.1, 0.15) is 55.6 Å². The Balaban J connectivity index is 0. The molecule has 3 rings (SSSR count). The number of nitrogens with two attached hydrogens (primary N) is 1. The first kappa shape index (κ1) is 32.3. The third kappa shape index (κ3) is 12.2. The normalized spacial score (nSPS) is 8.91. The average Bonchev–Trinajstić information content (AvgIpc) is 3.24. The Bertz CT molecular complexity index is 1040. The van der Waals surface area contributed by atoms with E-state index in [4.69, 9.17) is 10.8 Å². The quantitative estimate of drug-likeness (QED) is 0.273. The number of nitrogens with zero attached hydrogens (tertiary/aromatic N) is 1. The number of benzene rings is 1. The average molecular weight is 472 g/mol. The molecule has 0 saturated heterocycles. The predicted octanol–water partition coefficient (Wildman–Crippen LogP) is 3.41. The Morgan fingerprint density at radius 2 is 1.74 bits per heavy atom. The largest absolute Gasteiger partial charge is 0.480 e. The lowest BCUT2D eigenvalue weighted by molar-refractivity contribution is -0.135. The highest BCUT2D eigenvalue weighted by atomic mass is 16.4. The summed E-state index contributed by atoms with van der Waals surface area (Å²) in [6.07, 6.45) is 13.3. The number of aldehydes is 1.